The van der Waals surface area contributed by atoms with Crippen molar-refractivity contribution >= 4 is 6.03 Å². The van der Waals surface area contributed by atoms with Gasteiger partial charge >= 0.3 is 6.03 Å². The van der Waals surface area contributed by atoms with E-state index in [-0.39, 0.29) is 6.03 Å². The van der Waals surface area contributed by atoms with Crippen LogP contribution in [-0.2, 0) is 11.2 Å². The largest absolute Gasteiger partial charge is 0.378 e. The molecule has 4 heteroatoms. The van der Waals surface area contributed by atoms with Crippen LogP contribution < -0.4 is 5.32 Å². The third kappa shape index (κ3) is 3.75. The smallest absolute Gasteiger partial charge is 0.317 e. The molecule has 0 saturated carbocycles. The Balaban J connectivity index is 1.69. The van der Waals surface area contributed by atoms with Crippen molar-refractivity contribution in [1.82, 2.24) is 10.2 Å². The zero-order valence-electron chi connectivity index (χ0n) is 9.89. The molecule has 1 aliphatic rings. The predicted molar refractivity (Wildman–Crippen MR) is 65.9 cm³/mol. The number of urea groups is 1. The molecule has 2 amide bonds. The van der Waals surface area contributed by atoms with Gasteiger partial charge in [0.1, 0.15) is 0 Å². The molecule has 2 rings (SSSR count). The maximum absolute atomic E-state index is 11.7. The first kappa shape index (κ1) is 11.9. The van der Waals surface area contributed by atoms with Gasteiger partial charge in [-0.15, -0.1) is 0 Å². The average molecular weight is 234 g/mol. The summed E-state index contributed by atoms with van der Waals surface area (Å²) in [6.07, 6.45) is 0.872. The molecule has 1 aliphatic heterocycles. The standard InChI is InChI=1S/C13H18N2O2/c16-13(15-8-10-17-11-9-15)14-7-6-12-4-2-1-3-5-12/h1-5H,6-11H2,(H,14,16). The second kappa shape index (κ2) is 6.25. The minimum absolute atomic E-state index is 0.0178. The topological polar surface area (TPSA) is 41.6 Å². The lowest BCUT2D eigenvalue weighted by atomic mass is 10.1. The molecule has 0 spiro atoms. The van der Waals surface area contributed by atoms with Crippen LogP contribution in [0.1, 0.15) is 5.56 Å². The molecule has 17 heavy (non-hydrogen) atoms. The number of nitrogens with zero attached hydrogens (tertiary/aromatic N) is 1. The summed E-state index contributed by atoms with van der Waals surface area (Å²) in [7, 11) is 0. The van der Waals surface area contributed by atoms with Gasteiger partial charge in [-0.05, 0) is 12.0 Å². The molecule has 4 nitrogen and oxygen atoms in total. The SMILES string of the molecule is O=C(NCCc1ccccc1)N1CCOCC1. The van der Waals surface area contributed by atoms with Gasteiger partial charge < -0.3 is 15.0 Å². The van der Waals surface area contributed by atoms with E-state index in [1.54, 1.807) is 4.90 Å². The van der Waals surface area contributed by atoms with Gasteiger partial charge in [0.05, 0.1) is 13.2 Å². The second-order valence-electron chi connectivity index (χ2n) is 4.07. The maximum atomic E-state index is 11.7. The molecule has 1 heterocycles. The number of carbonyl (C=O) groups excluding carboxylic acids is 1. The highest BCUT2D eigenvalue weighted by molar-refractivity contribution is 5.74. The normalized spacial score (nSPS) is 15.6. The predicted octanol–water partition coefficient (Wildman–Crippen LogP) is 1.27. The van der Waals surface area contributed by atoms with Crippen molar-refractivity contribution in [3.63, 3.8) is 0 Å². The third-order valence-corrected chi connectivity index (χ3v) is 2.83. The van der Waals surface area contributed by atoms with Crippen molar-refractivity contribution in [1.29, 1.82) is 0 Å². The summed E-state index contributed by atoms with van der Waals surface area (Å²) < 4.78 is 5.20. The summed E-state index contributed by atoms with van der Waals surface area (Å²) in [6.45, 7) is 3.35. The van der Waals surface area contributed by atoms with Gasteiger partial charge in [-0.2, -0.15) is 0 Å². The first-order chi connectivity index (χ1) is 8.36. The summed E-state index contributed by atoms with van der Waals surface area (Å²) >= 11 is 0. The summed E-state index contributed by atoms with van der Waals surface area (Å²) in [5, 5.41) is 2.93. The van der Waals surface area contributed by atoms with Crippen LogP contribution in [0.2, 0.25) is 0 Å². The minimum Gasteiger partial charge on any atom is -0.378 e. The number of amides is 2. The van der Waals surface area contributed by atoms with E-state index in [0.29, 0.717) is 32.8 Å². The van der Waals surface area contributed by atoms with Gasteiger partial charge in [-0.1, -0.05) is 30.3 Å². The molecule has 1 N–H and O–H groups in total. The molecule has 0 unspecified atom stereocenters. The fourth-order valence-electron chi connectivity index (χ4n) is 1.84. The van der Waals surface area contributed by atoms with Crippen molar-refractivity contribution in [2.45, 2.75) is 6.42 Å². The fourth-order valence-corrected chi connectivity index (χ4v) is 1.84. The lowest BCUT2D eigenvalue weighted by molar-refractivity contribution is 0.0533. The monoisotopic (exact) mass is 234 g/mol. The van der Waals surface area contributed by atoms with E-state index in [2.05, 4.69) is 17.4 Å². The Morgan fingerprint density at radius 2 is 1.94 bits per heavy atom. The Morgan fingerprint density at radius 1 is 1.24 bits per heavy atom. The van der Waals surface area contributed by atoms with E-state index >= 15 is 0 Å². The van der Waals surface area contributed by atoms with Crippen LogP contribution in [0, 0.1) is 0 Å². The number of hydrogen-bond donors (Lipinski definition) is 1. The zero-order valence-corrected chi connectivity index (χ0v) is 9.89. The van der Waals surface area contributed by atoms with Crippen LogP contribution in [-0.4, -0.2) is 43.8 Å². The Hall–Kier alpha value is -1.55. The highest BCUT2D eigenvalue weighted by atomic mass is 16.5. The lowest BCUT2D eigenvalue weighted by Gasteiger charge is -2.26. The van der Waals surface area contributed by atoms with E-state index in [4.69, 9.17) is 4.74 Å². The summed E-state index contributed by atoms with van der Waals surface area (Å²) in [6, 6.07) is 10.2. The highest BCUT2D eigenvalue weighted by Gasteiger charge is 2.15. The van der Waals surface area contributed by atoms with Crippen LogP contribution in [0.15, 0.2) is 30.3 Å². The Morgan fingerprint density at radius 3 is 2.65 bits per heavy atom. The van der Waals surface area contributed by atoms with E-state index in [0.717, 1.165) is 6.42 Å². The number of hydrogen-bond acceptors (Lipinski definition) is 2. The number of morpholine rings is 1. The van der Waals surface area contributed by atoms with Gasteiger partial charge in [-0.3, -0.25) is 0 Å². The molecule has 1 aromatic rings. The van der Waals surface area contributed by atoms with Crippen LogP contribution in [0.3, 0.4) is 0 Å². The number of ether oxygens (including phenoxy) is 1. The summed E-state index contributed by atoms with van der Waals surface area (Å²) in [4.78, 5) is 13.5. The Bertz CT molecular complexity index is 348. The molecule has 92 valence electrons. The van der Waals surface area contributed by atoms with Crippen LogP contribution >= 0.6 is 0 Å². The zero-order chi connectivity index (χ0) is 11.9. The molecule has 0 aromatic heterocycles. The number of carbonyl (C=O) groups is 1. The molecular weight excluding hydrogens is 216 g/mol. The summed E-state index contributed by atoms with van der Waals surface area (Å²) in [5.74, 6) is 0. The van der Waals surface area contributed by atoms with Crippen LogP contribution in [0.4, 0.5) is 4.79 Å². The maximum Gasteiger partial charge on any atom is 0.317 e. The van der Waals surface area contributed by atoms with Gasteiger partial charge in [0.25, 0.3) is 0 Å². The van der Waals surface area contributed by atoms with Crippen molar-refractivity contribution < 1.29 is 9.53 Å². The average Bonchev–Trinajstić information content (AvgIpc) is 2.41. The molecule has 1 saturated heterocycles. The third-order valence-electron chi connectivity index (χ3n) is 2.83. The molecule has 0 atom stereocenters. The van der Waals surface area contributed by atoms with Crippen molar-refractivity contribution in [3.8, 4) is 0 Å². The van der Waals surface area contributed by atoms with Crippen LogP contribution in [0.5, 0.6) is 0 Å². The molecular formula is C13H18N2O2. The van der Waals surface area contributed by atoms with E-state index in [1.807, 2.05) is 18.2 Å². The van der Waals surface area contributed by atoms with Crippen molar-refractivity contribution in [3.05, 3.63) is 35.9 Å². The molecule has 0 aliphatic carbocycles. The number of nitrogens with one attached hydrogen (secondary N) is 1. The molecule has 1 fully saturated rings. The van der Waals surface area contributed by atoms with Crippen molar-refractivity contribution in [2.75, 3.05) is 32.8 Å². The Kier molecular flexibility index (Phi) is 4.38. The first-order valence-corrected chi connectivity index (χ1v) is 6.01. The molecule has 0 radical (unpaired) electrons. The first-order valence-electron chi connectivity index (χ1n) is 6.01. The lowest BCUT2D eigenvalue weighted by Crippen LogP contribution is -2.46. The molecule has 1 aromatic carbocycles. The van der Waals surface area contributed by atoms with Gasteiger partial charge in [0, 0.05) is 19.6 Å². The summed E-state index contributed by atoms with van der Waals surface area (Å²) in [5.41, 5.74) is 1.25. The quantitative estimate of drug-likeness (QED) is 0.855. The van der Waals surface area contributed by atoms with E-state index in [1.165, 1.54) is 5.56 Å². The minimum atomic E-state index is 0.0178. The van der Waals surface area contributed by atoms with Crippen molar-refractivity contribution in [2.24, 2.45) is 0 Å². The fraction of sp³-hybridized carbons (Fsp3) is 0.462. The van der Waals surface area contributed by atoms with Gasteiger partial charge in [0.2, 0.25) is 0 Å². The van der Waals surface area contributed by atoms with E-state index < -0.39 is 0 Å². The van der Waals surface area contributed by atoms with E-state index in [9.17, 15) is 4.79 Å². The van der Waals surface area contributed by atoms with Gasteiger partial charge in [-0.25, -0.2) is 4.79 Å². The number of benzene rings is 1. The van der Waals surface area contributed by atoms with Crippen LogP contribution in [0.25, 0.3) is 0 Å². The second-order valence-corrected chi connectivity index (χ2v) is 4.07. The van der Waals surface area contributed by atoms with Gasteiger partial charge in [0.15, 0.2) is 0 Å². The number of rotatable bonds is 3. The Labute approximate surface area is 102 Å². The highest BCUT2D eigenvalue weighted by Crippen LogP contribution is 2.00. The molecule has 0 bridgehead atoms.